The molecule has 9 nitrogen and oxygen atoms in total. The largest absolute Gasteiger partial charge is 0.383 e. The number of benzene rings is 1. The lowest BCUT2D eigenvalue weighted by Crippen LogP contribution is -2.47. The van der Waals surface area contributed by atoms with Crippen molar-refractivity contribution in [2.75, 3.05) is 81.5 Å². The Hall–Kier alpha value is -2.46. The molecule has 0 spiro atoms. The van der Waals surface area contributed by atoms with E-state index < -0.39 is 0 Å². The molecule has 9 heteroatoms. The molecule has 3 aliphatic rings. The van der Waals surface area contributed by atoms with Gasteiger partial charge in [-0.2, -0.15) is 9.97 Å². The van der Waals surface area contributed by atoms with Crippen LogP contribution in [0.15, 0.2) is 30.3 Å². The van der Waals surface area contributed by atoms with Crippen LogP contribution in [-0.4, -0.2) is 86.5 Å². The van der Waals surface area contributed by atoms with E-state index in [1.54, 1.807) is 0 Å². The summed E-state index contributed by atoms with van der Waals surface area (Å²) in [7, 11) is 0. The van der Waals surface area contributed by atoms with E-state index in [-0.39, 0.29) is 0 Å². The summed E-state index contributed by atoms with van der Waals surface area (Å²) in [5, 5.41) is 6.99. The van der Waals surface area contributed by atoms with Gasteiger partial charge >= 0.3 is 0 Å². The Labute approximate surface area is 247 Å². The van der Waals surface area contributed by atoms with Crippen molar-refractivity contribution in [3.05, 3.63) is 41.5 Å². The predicted molar refractivity (Wildman–Crippen MR) is 171 cm³/mol. The number of piperazine rings is 1. The van der Waals surface area contributed by atoms with E-state index in [1.807, 2.05) is 13.0 Å². The molecule has 0 atom stereocenters. The van der Waals surface area contributed by atoms with E-state index in [9.17, 15) is 0 Å². The highest BCUT2D eigenvalue weighted by Gasteiger charge is 2.21. The minimum Gasteiger partial charge on any atom is -0.383 e. The summed E-state index contributed by atoms with van der Waals surface area (Å²) in [5.41, 5.74) is 14.5. The van der Waals surface area contributed by atoms with Crippen molar-refractivity contribution in [1.29, 1.82) is 0 Å². The number of aromatic nitrogens is 2. The Morgan fingerprint density at radius 1 is 1.00 bits per heavy atom. The van der Waals surface area contributed by atoms with Gasteiger partial charge in [-0.25, -0.2) is 0 Å². The quantitative estimate of drug-likeness (QED) is 0.286. The molecule has 2 fully saturated rings. The smallest absolute Gasteiger partial charge is 0.226 e. The van der Waals surface area contributed by atoms with E-state index in [0.29, 0.717) is 17.8 Å². The van der Waals surface area contributed by atoms with Gasteiger partial charge < -0.3 is 31.7 Å². The molecule has 1 aliphatic heterocycles. The van der Waals surface area contributed by atoms with Crippen molar-refractivity contribution in [1.82, 2.24) is 20.2 Å². The van der Waals surface area contributed by atoms with Crippen molar-refractivity contribution >= 4 is 17.6 Å². The van der Waals surface area contributed by atoms with Crippen LogP contribution in [0.25, 0.3) is 0 Å². The molecule has 2 aliphatic carbocycles. The molecule has 0 unspecified atom stereocenters. The summed E-state index contributed by atoms with van der Waals surface area (Å²) in [6.07, 6.45) is 8.71. The molecule has 2 aromatic rings. The zero-order valence-electron chi connectivity index (χ0n) is 25.5. The summed E-state index contributed by atoms with van der Waals surface area (Å²) in [5.74, 6) is 3.75. The fourth-order valence-electron chi connectivity index (χ4n) is 6.11. The van der Waals surface area contributed by atoms with Gasteiger partial charge in [0, 0.05) is 58.0 Å². The third-order valence-electron chi connectivity index (χ3n) is 8.73. The third kappa shape index (κ3) is 10.4. The van der Waals surface area contributed by atoms with Gasteiger partial charge in [0.15, 0.2) is 0 Å². The lowest BCUT2D eigenvalue weighted by Gasteiger charge is -2.35. The first kappa shape index (κ1) is 31.5. The maximum atomic E-state index is 6.06. The van der Waals surface area contributed by atoms with Gasteiger partial charge in [0.05, 0.1) is 6.61 Å². The maximum Gasteiger partial charge on any atom is 0.226 e. The number of fused-ring (bicyclic) bond motifs is 1. The molecule has 41 heavy (non-hydrogen) atoms. The number of hydrogen-bond acceptors (Lipinski definition) is 9. The normalized spacial score (nSPS) is 21.3. The summed E-state index contributed by atoms with van der Waals surface area (Å²) in [6, 6.07) is 11.3. The molecule has 1 aromatic heterocycles. The maximum absolute atomic E-state index is 6.06. The summed E-state index contributed by atoms with van der Waals surface area (Å²) in [4.78, 5) is 13.9. The van der Waals surface area contributed by atoms with Crippen molar-refractivity contribution in [3.8, 4) is 0 Å². The molecule has 0 amide bonds. The van der Waals surface area contributed by atoms with Gasteiger partial charge in [-0.15, -0.1) is 0 Å². The van der Waals surface area contributed by atoms with Gasteiger partial charge in [0.2, 0.25) is 5.95 Å². The van der Waals surface area contributed by atoms with Crippen LogP contribution in [0.2, 0.25) is 0 Å². The Morgan fingerprint density at radius 3 is 2.37 bits per heavy atom. The standard InChI is InChI=1S/C20H36N6O.C12H18N2/c1-3-27-13-12-25-8-10-26(11-9-25)19-14-18(21)23-20(24-19)22-15-17-6-4-16(2)5-7-17;13-6-3-7-14-12-8-10-4-1-2-5-11(10)9-12/h14,16-17H,3-13,15H2,1-2H3,(H3,21,22,23,24);1-2,4-5,12,14H,3,6-9,13H2. The van der Waals surface area contributed by atoms with Crippen LogP contribution in [0.3, 0.4) is 0 Å². The van der Waals surface area contributed by atoms with E-state index in [0.717, 1.165) is 89.6 Å². The molecule has 5 rings (SSSR count). The molecule has 1 saturated heterocycles. The lowest BCUT2D eigenvalue weighted by molar-refractivity contribution is 0.111. The fraction of sp³-hybridized carbons (Fsp3) is 0.688. The third-order valence-corrected chi connectivity index (χ3v) is 8.73. The molecule has 228 valence electrons. The number of rotatable bonds is 12. The highest BCUT2D eigenvalue weighted by atomic mass is 16.5. The first-order chi connectivity index (χ1) is 20.0. The first-order valence-corrected chi connectivity index (χ1v) is 16.0. The predicted octanol–water partition coefficient (Wildman–Crippen LogP) is 3.55. The Morgan fingerprint density at radius 2 is 1.71 bits per heavy atom. The highest BCUT2D eigenvalue weighted by Crippen LogP contribution is 2.28. The second kappa shape index (κ2) is 16.9. The molecule has 1 saturated carbocycles. The number of nitrogens with two attached hydrogens (primary N) is 2. The molecule has 2 heterocycles. The minimum atomic E-state index is 0.540. The second-order valence-electron chi connectivity index (χ2n) is 12.0. The Bertz CT molecular complexity index is 996. The van der Waals surface area contributed by atoms with Crippen LogP contribution in [0.4, 0.5) is 17.6 Å². The number of ether oxygens (including phenoxy) is 1. The number of hydrogen-bond donors (Lipinski definition) is 4. The topological polar surface area (TPSA) is 118 Å². The fourth-order valence-corrected chi connectivity index (χ4v) is 6.11. The number of anilines is 3. The van der Waals surface area contributed by atoms with Crippen LogP contribution in [0.5, 0.6) is 0 Å². The van der Waals surface area contributed by atoms with E-state index in [2.05, 4.69) is 56.6 Å². The molecule has 6 N–H and O–H groups in total. The van der Waals surface area contributed by atoms with Crippen molar-refractivity contribution < 1.29 is 4.74 Å². The van der Waals surface area contributed by atoms with Gasteiger partial charge in [-0.1, -0.05) is 44.0 Å². The summed E-state index contributed by atoms with van der Waals surface area (Å²) in [6.45, 7) is 13.8. The van der Waals surface area contributed by atoms with Crippen LogP contribution in [0.1, 0.15) is 57.1 Å². The molecular formula is C32H54N8O. The average molecular weight is 567 g/mol. The van der Waals surface area contributed by atoms with Gasteiger partial charge in [0.1, 0.15) is 11.6 Å². The molecule has 0 bridgehead atoms. The van der Waals surface area contributed by atoms with Crippen molar-refractivity contribution in [2.45, 2.75) is 64.8 Å². The van der Waals surface area contributed by atoms with E-state index in [4.69, 9.17) is 21.2 Å². The van der Waals surface area contributed by atoms with Crippen LogP contribution >= 0.6 is 0 Å². The Balaban J connectivity index is 0.000000231. The SMILES string of the molecule is CCOCCN1CCN(c2cc(N)nc(NCC3CCC(C)CC3)n2)CC1.NCCCNC1Cc2ccccc2C1. The van der Waals surface area contributed by atoms with E-state index in [1.165, 1.54) is 49.7 Å². The van der Waals surface area contributed by atoms with Crippen molar-refractivity contribution in [3.63, 3.8) is 0 Å². The molecular weight excluding hydrogens is 512 g/mol. The number of nitrogens with zero attached hydrogens (tertiary/aromatic N) is 4. The summed E-state index contributed by atoms with van der Waals surface area (Å²) < 4.78 is 5.46. The Kier molecular flexibility index (Phi) is 12.9. The minimum absolute atomic E-state index is 0.540. The summed E-state index contributed by atoms with van der Waals surface area (Å²) >= 11 is 0. The van der Waals surface area contributed by atoms with Crippen LogP contribution in [0, 0.1) is 11.8 Å². The monoisotopic (exact) mass is 566 g/mol. The van der Waals surface area contributed by atoms with Gasteiger partial charge in [-0.3, -0.25) is 4.90 Å². The highest BCUT2D eigenvalue weighted by molar-refractivity contribution is 5.52. The number of nitrogens with one attached hydrogen (secondary N) is 2. The number of nitrogen functional groups attached to an aromatic ring is 1. The van der Waals surface area contributed by atoms with Crippen molar-refractivity contribution in [2.24, 2.45) is 17.6 Å². The molecule has 1 aromatic carbocycles. The van der Waals surface area contributed by atoms with Gasteiger partial charge in [0.25, 0.3) is 0 Å². The zero-order chi connectivity index (χ0) is 28.9. The zero-order valence-corrected chi connectivity index (χ0v) is 25.5. The van der Waals surface area contributed by atoms with Gasteiger partial charge in [-0.05, 0) is 75.1 Å². The first-order valence-electron chi connectivity index (χ1n) is 16.0. The van der Waals surface area contributed by atoms with Crippen LogP contribution < -0.4 is 27.0 Å². The molecule has 0 radical (unpaired) electrons. The van der Waals surface area contributed by atoms with Crippen LogP contribution in [-0.2, 0) is 17.6 Å². The second-order valence-corrected chi connectivity index (χ2v) is 12.0. The van der Waals surface area contributed by atoms with E-state index >= 15 is 0 Å². The lowest BCUT2D eigenvalue weighted by atomic mass is 9.83. The average Bonchev–Trinajstić information content (AvgIpc) is 3.41.